The van der Waals surface area contributed by atoms with Crippen LogP contribution < -0.4 is 10.5 Å². The minimum absolute atomic E-state index is 0.0727. The van der Waals surface area contributed by atoms with Gasteiger partial charge in [-0.1, -0.05) is 0 Å². The monoisotopic (exact) mass is 289 g/mol. The average Bonchev–Trinajstić information content (AvgIpc) is 2.91. The summed E-state index contributed by atoms with van der Waals surface area (Å²) < 4.78 is 27.2. The number of nitrogens with zero attached hydrogens (tertiary/aromatic N) is 2. The Labute approximate surface area is 114 Å². The van der Waals surface area contributed by atoms with E-state index in [4.69, 9.17) is 5.73 Å². The van der Waals surface area contributed by atoms with Crippen LogP contribution in [0.3, 0.4) is 0 Å². The minimum Gasteiger partial charge on any atom is -0.398 e. The molecule has 8 heteroatoms. The fourth-order valence-corrected chi connectivity index (χ4v) is 3.10. The second-order valence-corrected chi connectivity index (χ2v) is 5.80. The largest absolute Gasteiger partial charge is 0.398 e. The van der Waals surface area contributed by atoms with Crippen LogP contribution in [0.5, 0.6) is 0 Å². The molecule has 102 valence electrons. The van der Waals surface area contributed by atoms with Gasteiger partial charge in [0.15, 0.2) is 0 Å². The van der Waals surface area contributed by atoms with Gasteiger partial charge in [0.25, 0.3) is 10.0 Å². The minimum atomic E-state index is -3.75. The summed E-state index contributed by atoms with van der Waals surface area (Å²) >= 11 is 0. The van der Waals surface area contributed by atoms with E-state index in [2.05, 4.69) is 19.9 Å². The van der Waals surface area contributed by atoms with Crippen molar-refractivity contribution in [3.8, 4) is 0 Å². The molecule has 0 aliphatic rings. The number of H-pyrrole nitrogens is 1. The Hall–Kier alpha value is -2.61. The number of aromatic amines is 1. The third-order valence-corrected chi connectivity index (χ3v) is 4.22. The molecule has 3 rings (SSSR count). The Morgan fingerprint density at radius 3 is 2.85 bits per heavy atom. The number of hydrogen-bond acceptors (Lipinski definition) is 5. The van der Waals surface area contributed by atoms with E-state index >= 15 is 0 Å². The van der Waals surface area contributed by atoms with E-state index in [-0.39, 0.29) is 4.90 Å². The molecule has 0 aliphatic carbocycles. The first-order valence-electron chi connectivity index (χ1n) is 5.73. The Balaban J connectivity index is 2.17. The van der Waals surface area contributed by atoms with E-state index in [0.29, 0.717) is 22.3 Å². The van der Waals surface area contributed by atoms with Crippen molar-refractivity contribution < 1.29 is 8.42 Å². The van der Waals surface area contributed by atoms with E-state index < -0.39 is 10.0 Å². The van der Waals surface area contributed by atoms with Crippen molar-refractivity contribution in [2.75, 3.05) is 10.5 Å². The smallest absolute Gasteiger partial charge is 0.264 e. The number of pyridine rings is 1. The molecule has 0 saturated carbocycles. The molecule has 0 saturated heterocycles. The summed E-state index contributed by atoms with van der Waals surface area (Å²) in [5.41, 5.74) is 7.01. The SMILES string of the molecule is Nc1ccc(S(=O)(=O)Nc2cn[nH]c2)c2ncccc12. The number of aromatic nitrogens is 3. The second kappa shape index (κ2) is 4.49. The van der Waals surface area contributed by atoms with Gasteiger partial charge in [0.2, 0.25) is 0 Å². The topological polar surface area (TPSA) is 114 Å². The number of anilines is 2. The summed E-state index contributed by atoms with van der Waals surface area (Å²) in [5, 5.41) is 6.83. The van der Waals surface area contributed by atoms with Crippen LogP contribution in [0.25, 0.3) is 10.9 Å². The maximum Gasteiger partial charge on any atom is 0.264 e. The molecular weight excluding hydrogens is 278 g/mol. The number of sulfonamides is 1. The molecular formula is C12H11N5O2S. The Morgan fingerprint density at radius 2 is 2.10 bits per heavy atom. The van der Waals surface area contributed by atoms with Gasteiger partial charge in [-0.15, -0.1) is 0 Å². The molecule has 0 fully saturated rings. The van der Waals surface area contributed by atoms with Crippen LogP contribution in [-0.4, -0.2) is 23.6 Å². The lowest BCUT2D eigenvalue weighted by Gasteiger charge is -2.09. The molecule has 0 atom stereocenters. The van der Waals surface area contributed by atoms with Crippen LogP contribution in [-0.2, 0) is 10.0 Å². The van der Waals surface area contributed by atoms with Crippen molar-refractivity contribution in [2.45, 2.75) is 4.90 Å². The molecule has 20 heavy (non-hydrogen) atoms. The molecule has 0 radical (unpaired) electrons. The Morgan fingerprint density at radius 1 is 1.25 bits per heavy atom. The van der Waals surface area contributed by atoms with Gasteiger partial charge in [-0.25, -0.2) is 8.42 Å². The zero-order chi connectivity index (χ0) is 14.2. The van der Waals surface area contributed by atoms with E-state index in [1.54, 1.807) is 18.2 Å². The molecule has 0 bridgehead atoms. The highest BCUT2D eigenvalue weighted by molar-refractivity contribution is 7.93. The lowest BCUT2D eigenvalue weighted by Crippen LogP contribution is -2.13. The fourth-order valence-electron chi connectivity index (χ4n) is 1.90. The predicted molar refractivity (Wildman–Crippen MR) is 75.6 cm³/mol. The van der Waals surface area contributed by atoms with E-state index in [1.807, 2.05) is 0 Å². The third kappa shape index (κ3) is 2.05. The van der Waals surface area contributed by atoms with Gasteiger partial charge >= 0.3 is 0 Å². The number of nitrogens with two attached hydrogens (primary N) is 1. The first-order chi connectivity index (χ1) is 9.58. The first-order valence-corrected chi connectivity index (χ1v) is 7.21. The summed E-state index contributed by atoms with van der Waals surface area (Å²) in [6.45, 7) is 0. The van der Waals surface area contributed by atoms with E-state index in [0.717, 1.165) is 0 Å². The number of hydrogen-bond donors (Lipinski definition) is 3. The van der Waals surface area contributed by atoms with Crippen molar-refractivity contribution in [1.82, 2.24) is 15.2 Å². The van der Waals surface area contributed by atoms with Crippen LogP contribution in [0.2, 0.25) is 0 Å². The molecule has 0 aliphatic heterocycles. The summed E-state index contributed by atoms with van der Waals surface area (Å²) in [6.07, 6.45) is 4.35. The van der Waals surface area contributed by atoms with Gasteiger partial charge < -0.3 is 5.73 Å². The summed E-state index contributed by atoms with van der Waals surface area (Å²) in [6, 6.07) is 6.42. The highest BCUT2D eigenvalue weighted by Crippen LogP contribution is 2.27. The predicted octanol–water partition coefficient (Wildman–Crippen LogP) is 1.34. The Bertz CT molecular complexity index is 859. The molecule has 7 nitrogen and oxygen atoms in total. The maximum atomic E-state index is 12.4. The molecule has 0 unspecified atom stereocenters. The molecule has 2 heterocycles. The first kappa shape index (κ1) is 12.4. The molecule has 4 N–H and O–H groups in total. The molecule has 3 aromatic rings. The molecule has 2 aromatic heterocycles. The number of benzene rings is 1. The van der Waals surface area contributed by atoms with Crippen molar-refractivity contribution in [3.63, 3.8) is 0 Å². The van der Waals surface area contributed by atoms with Crippen LogP contribution in [0.1, 0.15) is 0 Å². The van der Waals surface area contributed by atoms with Crippen molar-refractivity contribution in [1.29, 1.82) is 0 Å². The quantitative estimate of drug-likeness (QED) is 0.630. The van der Waals surface area contributed by atoms with Gasteiger partial charge in [-0.3, -0.25) is 14.8 Å². The van der Waals surface area contributed by atoms with Crippen molar-refractivity contribution >= 4 is 32.3 Å². The highest BCUT2D eigenvalue weighted by Gasteiger charge is 2.19. The van der Waals surface area contributed by atoms with Crippen LogP contribution in [0, 0.1) is 0 Å². The summed E-state index contributed by atoms with van der Waals surface area (Å²) in [4.78, 5) is 4.19. The number of fused-ring (bicyclic) bond motifs is 1. The molecule has 0 amide bonds. The molecule has 1 aromatic carbocycles. The lowest BCUT2D eigenvalue weighted by molar-refractivity contribution is 0.602. The fraction of sp³-hybridized carbons (Fsp3) is 0. The third-order valence-electron chi connectivity index (χ3n) is 2.81. The normalized spacial score (nSPS) is 11.6. The van der Waals surface area contributed by atoms with Crippen LogP contribution in [0.4, 0.5) is 11.4 Å². The van der Waals surface area contributed by atoms with Gasteiger partial charge in [0.1, 0.15) is 4.90 Å². The lowest BCUT2D eigenvalue weighted by atomic mass is 10.2. The van der Waals surface area contributed by atoms with Gasteiger partial charge in [0, 0.05) is 23.5 Å². The Kier molecular flexibility index (Phi) is 2.79. The summed E-state index contributed by atoms with van der Waals surface area (Å²) in [7, 11) is -3.75. The number of rotatable bonds is 3. The second-order valence-electron chi connectivity index (χ2n) is 4.14. The number of nitrogen functional groups attached to an aromatic ring is 1. The van der Waals surface area contributed by atoms with Gasteiger partial charge in [-0.2, -0.15) is 5.10 Å². The number of nitrogens with one attached hydrogen (secondary N) is 2. The molecule has 0 spiro atoms. The highest BCUT2D eigenvalue weighted by atomic mass is 32.2. The van der Waals surface area contributed by atoms with Crippen molar-refractivity contribution in [3.05, 3.63) is 42.9 Å². The zero-order valence-corrected chi connectivity index (χ0v) is 11.1. The van der Waals surface area contributed by atoms with Gasteiger partial charge in [-0.05, 0) is 24.3 Å². The van der Waals surface area contributed by atoms with Crippen LogP contribution in [0.15, 0.2) is 47.8 Å². The van der Waals surface area contributed by atoms with Crippen LogP contribution >= 0.6 is 0 Å². The van der Waals surface area contributed by atoms with E-state index in [9.17, 15) is 8.42 Å². The zero-order valence-electron chi connectivity index (χ0n) is 10.2. The maximum absolute atomic E-state index is 12.4. The summed E-state index contributed by atoms with van der Waals surface area (Å²) in [5.74, 6) is 0. The van der Waals surface area contributed by atoms with Crippen molar-refractivity contribution in [2.24, 2.45) is 0 Å². The van der Waals surface area contributed by atoms with E-state index in [1.165, 1.54) is 24.7 Å². The average molecular weight is 289 g/mol. The van der Waals surface area contributed by atoms with Gasteiger partial charge in [0.05, 0.1) is 17.4 Å². The standard InChI is InChI=1S/C12H11N5O2S/c13-10-3-4-11(12-9(10)2-1-5-14-12)20(18,19)17-8-6-15-16-7-8/h1-7,17H,13H2,(H,15,16).